The maximum atomic E-state index is 13.7. The molecule has 23 heavy (non-hydrogen) atoms. The number of carbonyl (C=O) groups is 2. The summed E-state index contributed by atoms with van der Waals surface area (Å²) < 4.78 is 37.4. The van der Waals surface area contributed by atoms with Crippen LogP contribution in [0.1, 0.15) is 31.1 Å². The number of amides is 1. The van der Waals surface area contributed by atoms with Crippen molar-refractivity contribution in [3.05, 3.63) is 29.6 Å². The molecule has 0 saturated carbocycles. The minimum atomic E-state index is -1.07. The Bertz CT molecular complexity index is 616. The van der Waals surface area contributed by atoms with Crippen molar-refractivity contribution < 1.29 is 27.8 Å². The number of hydrogen-bond donors (Lipinski definition) is 0. The van der Waals surface area contributed by atoms with Gasteiger partial charge in [0.15, 0.2) is 11.6 Å². The van der Waals surface area contributed by atoms with Gasteiger partial charge in [0.2, 0.25) is 5.95 Å². The number of nitrogens with zero attached hydrogens (tertiary/aromatic N) is 2. The molecular formula is C15H18F2N2O4. The average Bonchev–Trinajstić information content (AvgIpc) is 2.47. The van der Waals surface area contributed by atoms with Crippen molar-refractivity contribution in [2.45, 2.75) is 32.4 Å². The number of pyridine rings is 1. The second kappa shape index (κ2) is 6.57. The van der Waals surface area contributed by atoms with Gasteiger partial charge in [-0.05, 0) is 20.8 Å². The number of rotatable bonds is 2. The second-order valence-electron chi connectivity index (χ2n) is 6.12. The van der Waals surface area contributed by atoms with Gasteiger partial charge < -0.3 is 9.47 Å². The third kappa shape index (κ3) is 4.22. The fourth-order valence-corrected chi connectivity index (χ4v) is 2.14. The van der Waals surface area contributed by atoms with Crippen LogP contribution >= 0.6 is 0 Å². The summed E-state index contributed by atoms with van der Waals surface area (Å²) in [5, 5.41) is 0. The van der Waals surface area contributed by atoms with Crippen LogP contribution in [0.4, 0.5) is 13.6 Å². The van der Waals surface area contributed by atoms with Gasteiger partial charge in [-0.2, -0.15) is 4.39 Å². The van der Waals surface area contributed by atoms with Crippen LogP contribution in [0.2, 0.25) is 0 Å². The molecule has 1 unspecified atom stereocenters. The lowest BCUT2D eigenvalue weighted by atomic mass is 10.0. The molecule has 2 rings (SSSR count). The van der Waals surface area contributed by atoms with Gasteiger partial charge in [-0.3, -0.25) is 9.69 Å². The summed E-state index contributed by atoms with van der Waals surface area (Å²) >= 11 is 0. The number of carbonyl (C=O) groups excluding carboxylic acids is 2. The van der Waals surface area contributed by atoms with Crippen molar-refractivity contribution in [2.75, 3.05) is 19.8 Å². The summed E-state index contributed by atoms with van der Waals surface area (Å²) in [7, 11) is 0. The summed E-state index contributed by atoms with van der Waals surface area (Å²) in [6, 6.07) is -0.366. The predicted octanol–water partition coefficient (Wildman–Crippen LogP) is 2.18. The summed E-state index contributed by atoms with van der Waals surface area (Å²) in [6.07, 6.45) is -0.0709. The second-order valence-corrected chi connectivity index (χ2v) is 6.12. The van der Waals surface area contributed by atoms with Gasteiger partial charge in [-0.25, -0.2) is 14.2 Å². The van der Waals surface area contributed by atoms with Gasteiger partial charge in [0, 0.05) is 12.6 Å². The molecule has 0 aliphatic carbocycles. The Morgan fingerprint density at radius 3 is 2.74 bits per heavy atom. The molecule has 6 nitrogen and oxygen atoms in total. The topological polar surface area (TPSA) is 68.7 Å². The SMILES string of the molecule is CC(C)(C)OC(=O)N1CCOCC1C(=O)c1cc(F)ncc1F. The molecule has 1 aromatic rings. The molecule has 0 radical (unpaired) electrons. The number of halogens is 2. The largest absolute Gasteiger partial charge is 0.444 e. The molecule has 0 bridgehead atoms. The van der Waals surface area contributed by atoms with E-state index in [9.17, 15) is 18.4 Å². The van der Waals surface area contributed by atoms with Crippen molar-refractivity contribution in [3.63, 3.8) is 0 Å². The summed E-state index contributed by atoms with van der Waals surface area (Å²) in [6.45, 7) is 5.33. The molecule has 1 fully saturated rings. The van der Waals surface area contributed by atoms with Crippen LogP contribution in [-0.4, -0.2) is 53.2 Å². The van der Waals surface area contributed by atoms with Crippen molar-refractivity contribution in [1.29, 1.82) is 0 Å². The highest BCUT2D eigenvalue weighted by molar-refractivity contribution is 6.01. The van der Waals surface area contributed by atoms with E-state index in [4.69, 9.17) is 9.47 Å². The smallest absolute Gasteiger partial charge is 0.411 e. The molecule has 0 N–H and O–H groups in total. The van der Waals surface area contributed by atoms with Crippen molar-refractivity contribution >= 4 is 11.9 Å². The molecule has 1 aliphatic heterocycles. The summed E-state index contributed by atoms with van der Waals surface area (Å²) in [5.41, 5.74) is -1.21. The van der Waals surface area contributed by atoms with Crippen LogP contribution in [0.25, 0.3) is 0 Å². The van der Waals surface area contributed by atoms with Crippen LogP contribution in [0, 0.1) is 11.8 Å². The molecule has 0 aromatic carbocycles. The fraction of sp³-hybridized carbons (Fsp3) is 0.533. The Labute approximate surface area is 132 Å². The lowest BCUT2D eigenvalue weighted by molar-refractivity contribution is -0.0266. The Morgan fingerprint density at radius 1 is 1.39 bits per heavy atom. The van der Waals surface area contributed by atoms with Gasteiger partial charge in [-0.1, -0.05) is 0 Å². The van der Waals surface area contributed by atoms with Crippen LogP contribution in [-0.2, 0) is 9.47 Å². The highest BCUT2D eigenvalue weighted by Crippen LogP contribution is 2.19. The van der Waals surface area contributed by atoms with Gasteiger partial charge in [-0.15, -0.1) is 0 Å². The van der Waals surface area contributed by atoms with E-state index >= 15 is 0 Å². The van der Waals surface area contributed by atoms with Gasteiger partial charge in [0.25, 0.3) is 0 Å². The molecule has 1 atom stereocenters. The standard InChI is InChI=1S/C15H18F2N2O4/c1-15(2,3)23-14(21)19-4-5-22-8-11(19)13(20)9-6-12(17)18-7-10(9)16/h6-7,11H,4-5,8H2,1-3H3. The van der Waals surface area contributed by atoms with E-state index < -0.39 is 40.8 Å². The maximum Gasteiger partial charge on any atom is 0.411 e. The van der Waals surface area contributed by atoms with Crippen LogP contribution in [0.5, 0.6) is 0 Å². The molecule has 1 aliphatic rings. The minimum Gasteiger partial charge on any atom is -0.444 e. The maximum absolute atomic E-state index is 13.7. The molecule has 1 amide bonds. The van der Waals surface area contributed by atoms with Gasteiger partial charge in [0.1, 0.15) is 11.6 Å². The summed E-state index contributed by atoms with van der Waals surface area (Å²) in [4.78, 5) is 29.0. The van der Waals surface area contributed by atoms with Crippen molar-refractivity contribution in [3.8, 4) is 0 Å². The molecule has 126 valence electrons. The van der Waals surface area contributed by atoms with Gasteiger partial charge in [0.05, 0.1) is 25.0 Å². The molecular weight excluding hydrogens is 310 g/mol. The van der Waals surface area contributed by atoms with E-state index in [1.165, 1.54) is 4.90 Å². The van der Waals surface area contributed by atoms with E-state index in [1.54, 1.807) is 20.8 Å². The molecule has 0 spiro atoms. The highest BCUT2D eigenvalue weighted by Gasteiger charge is 2.37. The zero-order chi connectivity index (χ0) is 17.2. The third-order valence-electron chi connectivity index (χ3n) is 3.15. The predicted molar refractivity (Wildman–Crippen MR) is 76.0 cm³/mol. The first-order chi connectivity index (χ1) is 10.7. The van der Waals surface area contributed by atoms with Crippen molar-refractivity contribution in [2.24, 2.45) is 0 Å². The van der Waals surface area contributed by atoms with E-state index in [0.717, 1.165) is 0 Å². The number of ether oxygens (including phenoxy) is 2. The monoisotopic (exact) mass is 328 g/mol. The van der Waals surface area contributed by atoms with Crippen LogP contribution in [0.15, 0.2) is 12.3 Å². The van der Waals surface area contributed by atoms with Crippen LogP contribution in [0.3, 0.4) is 0 Å². The Hall–Kier alpha value is -2.09. The molecule has 1 saturated heterocycles. The number of hydrogen-bond acceptors (Lipinski definition) is 5. The van der Waals surface area contributed by atoms with Gasteiger partial charge >= 0.3 is 6.09 Å². The first kappa shape index (κ1) is 17.3. The Morgan fingerprint density at radius 2 is 2.09 bits per heavy atom. The number of morpholine rings is 1. The highest BCUT2D eigenvalue weighted by atomic mass is 19.1. The Balaban J connectivity index is 2.25. The van der Waals surface area contributed by atoms with E-state index in [1.807, 2.05) is 0 Å². The zero-order valence-electron chi connectivity index (χ0n) is 13.1. The normalized spacial score (nSPS) is 18.7. The number of aromatic nitrogens is 1. The molecule has 1 aromatic heterocycles. The minimum absolute atomic E-state index is 0.110. The first-order valence-electron chi connectivity index (χ1n) is 7.11. The van der Waals surface area contributed by atoms with Crippen molar-refractivity contribution in [1.82, 2.24) is 9.88 Å². The molecule has 2 heterocycles. The van der Waals surface area contributed by atoms with E-state index in [-0.39, 0.29) is 19.8 Å². The Kier molecular flexibility index (Phi) is 4.93. The van der Waals surface area contributed by atoms with E-state index in [0.29, 0.717) is 12.3 Å². The number of Topliss-reactive ketones (excluding diaryl/α,β-unsaturated/α-hetero) is 1. The average molecular weight is 328 g/mol. The van der Waals surface area contributed by atoms with Crippen LogP contribution < -0.4 is 0 Å². The lowest BCUT2D eigenvalue weighted by Crippen LogP contribution is -2.54. The zero-order valence-corrected chi connectivity index (χ0v) is 13.1. The fourth-order valence-electron chi connectivity index (χ4n) is 2.14. The van der Waals surface area contributed by atoms with E-state index in [2.05, 4.69) is 4.98 Å². The lowest BCUT2D eigenvalue weighted by Gasteiger charge is -2.35. The summed E-state index contributed by atoms with van der Waals surface area (Å²) in [5.74, 6) is -2.68. The molecule has 8 heteroatoms. The number of ketones is 1. The third-order valence-corrected chi connectivity index (χ3v) is 3.15. The first-order valence-corrected chi connectivity index (χ1v) is 7.11. The quantitative estimate of drug-likeness (QED) is 0.615.